The van der Waals surface area contributed by atoms with E-state index in [2.05, 4.69) is 29.2 Å². The quantitative estimate of drug-likeness (QED) is 0.476. The highest BCUT2D eigenvalue weighted by atomic mass is 19.1. The number of anilines is 1. The largest absolute Gasteiger partial charge is 0.445 e. The van der Waals surface area contributed by atoms with Crippen LogP contribution in [0, 0.1) is 17.7 Å². The predicted molar refractivity (Wildman–Crippen MR) is 127 cm³/mol. The number of nitrogens with zero attached hydrogens (tertiary/aromatic N) is 2. The minimum absolute atomic E-state index is 0.116. The highest BCUT2D eigenvalue weighted by Gasteiger charge is 2.45. The second kappa shape index (κ2) is 9.75. The molecular weight excluding hydrogens is 415 g/mol. The van der Waals surface area contributed by atoms with Crippen molar-refractivity contribution >= 4 is 11.8 Å². The highest BCUT2D eigenvalue weighted by molar-refractivity contribution is 5.87. The lowest BCUT2D eigenvalue weighted by Gasteiger charge is -2.38. The van der Waals surface area contributed by atoms with Gasteiger partial charge < -0.3 is 4.74 Å². The van der Waals surface area contributed by atoms with E-state index in [0.29, 0.717) is 11.8 Å². The summed E-state index contributed by atoms with van der Waals surface area (Å²) in [6, 6.07) is 26.5. The molecule has 0 radical (unpaired) electrons. The smallest absolute Gasteiger partial charge is 0.414 e. The van der Waals surface area contributed by atoms with E-state index in [0.717, 1.165) is 38.0 Å². The number of hydrogen-bond donors (Lipinski definition) is 0. The molecule has 2 aliphatic rings. The number of carbonyl (C=O) groups excluding carboxylic acids is 1. The number of halogens is 1. The lowest BCUT2D eigenvalue weighted by Crippen LogP contribution is -2.47. The van der Waals surface area contributed by atoms with Gasteiger partial charge in [0.15, 0.2) is 0 Å². The van der Waals surface area contributed by atoms with Gasteiger partial charge in [0.1, 0.15) is 11.9 Å². The first kappa shape index (κ1) is 21.7. The molecule has 4 nitrogen and oxygen atoms in total. The number of para-hydroxylation sites is 1. The Labute approximate surface area is 194 Å². The van der Waals surface area contributed by atoms with Gasteiger partial charge in [0, 0.05) is 31.5 Å². The summed E-state index contributed by atoms with van der Waals surface area (Å²) in [5, 5.41) is 0. The lowest BCUT2D eigenvalue weighted by molar-refractivity contribution is -0.000130. The average Bonchev–Trinajstić information content (AvgIpc) is 3.06. The van der Waals surface area contributed by atoms with E-state index in [1.807, 2.05) is 36.4 Å². The fourth-order valence-electron chi connectivity index (χ4n) is 5.30. The van der Waals surface area contributed by atoms with Crippen LogP contribution in [0.5, 0.6) is 0 Å². The van der Waals surface area contributed by atoms with Gasteiger partial charge in [-0.25, -0.2) is 9.18 Å². The van der Waals surface area contributed by atoms with Crippen molar-refractivity contribution in [3.8, 4) is 0 Å². The summed E-state index contributed by atoms with van der Waals surface area (Å²) in [5.74, 6) is 0.206. The Morgan fingerprint density at radius 2 is 1.42 bits per heavy atom. The fourth-order valence-corrected chi connectivity index (χ4v) is 5.30. The predicted octanol–water partition coefficient (Wildman–Crippen LogP) is 5.88. The van der Waals surface area contributed by atoms with E-state index in [-0.39, 0.29) is 18.3 Å². The Morgan fingerprint density at radius 3 is 2.06 bits per heavy atom. The van der Waals surface area contributed by atoms with Crippen molar-refractivity contribution in [2.45, 2.75) is 32.0 Å². The molecule has 3 aromatic carbocycles. The molecule has 0 spiro atoms. The third-order valence-electron chi connectivity index (χ3n) is 6.86. The first-order chi connectivity index (χ1) is 16.2. The third kappa shape index (κ3) is 4.93. The molecule has 1 saturated heterocycles. The Kier molecular flexibility index (Phi) is 6.40. The summed E-state index contributed by atoms with van der Waals surface area (Å²) >= 11 is 0. The molecule has 3 aromatic rings. The maximum atomic E-state index is 14.6. The Morgan fingerprint density at radius 1 is 0.848 bits per heavy atom. The first-order valence-corrected chi connectivity index (χ1v) is 11.7. The minimum atomic E-state index is -0.470. The van der Waals surface area contributed by atoms with Crippen LogP contribution in [0.2, 0.25) is 0 Å². The maximum absolute atomic E-state index is 14.6. The second-order valence-corrected chi connectivity index (χ2v) is 9.15. The van der Waals surface area contributed by atoms with Gasteiger partial charge in [-0.1, -0.05) is 72.8 Å². The van der Waals surface area contributed by atoms with Gasteiger partial charge in [-0.2, -0.15) is 0 Å². The van der Waals surface area contributed by atoms with E-state index in [4.69, 9.17) is 4.74 Å². The maximum Gasteiger partial charge on any atom is 0.414 e. The number of piperidine rings is 1. The van der Waals surface area contributed by atoms with Crippen molar-refractivity contribution in [3.63, 3.8) is 0 Å². The molecule has 170 valence electrons. The normalized spacial score (nSPS) is 22.2. The summed E-state index contributed by atoms with van der Waals surface area (Å²) in [6.07, 6.45) is 1.54. The zero-order valence-corrected chi connectivity index (χ0v) is 18.6. The summed E-state index contributed by atoms with van der Waals surface area (Å²) in [7, 11) is 0. The van der Waals surface area contributed by atoms with Crippen LogP contribution in [0.3, 0.4) is 0 Å². The van der Waals surface area contributed by atoms with Gasteiger partial charge in [0.05, 0.1) is 12.2 Å². The van der Waals surface area contributed by atoms with Gasteiger partial charge >= 0.3 is 6.09 Å². The van der Waals surface area contributed by atoms with Crippen LogP contribution < -0.4 is 4.90 Å². The molecule has 2 bridgehead atoms. The van der Waals surface area contributed by atoms with Gasteiger partial charge in [-0.15, -0.1) is 0 Å². The third-order valence-corrected chi connectivity index (χ3v) is 6.86. The molecule has 1 aliphatic carbocycles. The molecule has 1 saturated carbocycles. The van der Waals surface area contributed by atoms with E-state index in [9.17, 15) is 9.18 Å². The number of hydrogen-bond acceptors (Lipinski definition) is 3. The van der Waals surface area contributed by atoms with Crippen LogP contribution in [0.1, 0.15) is 24.0 Å². The van der Waals surface area contributed by atoms with E-state index >= 15 is 0 Å². The van der Waals surface area contributed by atoms with Crippen molar-refractivity contribution in [3.05, 3.63) is 102 Å². The molecule has 2 fully saturated rings. The molecule has 0 aromatic heterocycles. The van der Waals surface area contributed by atoms with Gasteiger partial charge in [-0.3, -0.25) is 9.80 Å². The van der Waals surface area contributed by atoms with Crippen molar-refractivity contribution in [1.82, 2.24) is 4.90 Å². The van der Waals surface area contributed by atoms with E-state index < -0.39 is 11.9 Å². The van der Waals surface area contributed by atoms with E-state index in [1.54, 1.807) is 18.2 Å². The fraction of sp³-hybridized carbons (Fsp3) is 0.321. The van der Waals surface area contributed by atoms with Crippen molar-refractivity contribution in [2.75, 3.05) is 18.0 Å². The molecule has 1 aliphatic heterocycles. The van der Waals surface area contributed by atoms with Gasteiger partial charge in [0.25, 0.3) is 0 Å². The number of rotatable bonds is 6. The zero-order valence-electron chi connectivity index (χ0n) is 18.6. The number of likely N-dealkylation sites (tertiary alicyclic amines) is 1. The topological polar surface area (TPSA) is 32.8 Å². The van der Waals surface area contributed by atoms with Crippen molar-refractivity contribution in [2.24, 2.45) is 11.8 Å². The molecule has 2 atom stereocenters. The van der Waals surface area contributed by atoms with Crippen LogP contribution in [-0.4, -0.2) is 30.2 Å². The van der Waals surface area contributed by atoms with E-state index in [1.165, 1.54) is 16.5 Å². The van der Waals surface area contributed by atoms with Crippen LogP contribution in [0.4, 0.5) is 14.9 Å². The van der Waals surface area contributed by atoms with Crippen LogP contribution in [0.15, 0.2) is 84.9 Å². The van der Waals surface area contributed by atoms with Crippen LogP contribution in [-0.2, 0) is 17.8 Å². The monoisotopic (exact) mass is 444 g/mol. The van der Waals surface area contributed by atoms with Gasteiger partial charge in [-0.05, 0) is 36.1 Å². The Balaban J connectivity index is 1.30. The number of fused-ring (bicyclic) bond motifs is 2. The number of amides is 1. The standard InChI is InChI=1S/C28H29FN2O2/c29-25-13-7-8-14-26(25)31(18-22-11-5-2-6-12-22)28(32)33-27-23-15-16-24(27)20-30(19-23)17-21-9-3-1-4-10-21/h1-14,23-24,27H,15-20H2. The van der Waals surface area contributed by atoms with Crippen molar-refractivity contribution in [1.29, 1.82) is 0 Å². The second-order valence-electron chi connectivity index (χ2n) is 9.15. The lowest BCUT2D eigenvalue weighted by atomic mass is 9.94. The summed E-state index contributed by atoms with van der Waals surface area (Å²) in [4.78, 5) is 17.3. The van der Waals surface area contributed by atoms with Crippen LogP contribution in [0.25, 0.3) is 0 Å². The summed E-state index contributed by atoms with van der Waals surface area (Å²) < 4.78 is 20.8. The molecule has 5 heteroatoms. The Bertz CT molecular complexity index is 1060. The zero-order chi connectivity index (χ0) is 22.6. The molecule has 1 heterocycles. The number of carbonyl (C=O) groups is 1. The minimum Gasteiger partial charge on any atom is -0.445 e. The average molecular weight is 445 g/mol. The summed E-state index contributed by atoms with van der Waals surface area (Å²) in [5.41, 5.74) is 2.49. The SMILES string of the molecule is O=C(OC1C2CCC1CN(Cc1ccccc1)C2)N(Cc1ccccc1)c1ccccc1F. The highest BCUT2D eigenvalue weighted by Crippen LogP contribution is 2.40. The molecular formula is C28H29FN2O2. The molecule has 33 heavy (non-hydrogen) atoms. The number of benzene rings is 3. The Hall–Kier alpha value is -3.18. The molecule has 0 N–H and O–H groups in total. The number of ether oxygens (including phenoxy) is 1. The molecule has 5 rings (SSSR count). The molecule has 1 amide bonds. The summed E-state index contributed by atoms with van der Waals surface area (Å²) in [6.45, 7) is 3.02. The van der Waals surface area contributed by atoms with Gasteiger partial charge in [0.2, 0.25) is 0 Å². The van der Waals surface area contributed by atoms with Crippen molar-refractivity contribution < 1.29 is 13.9 Å². The first-order valence-electron chi connectivity index (χ1n) is 11.7. The van der Waals surface area contributed by atoms with Crippen LogP contribution >= 0.6 is 0 Å². The molecule has 2 unspecified atom stereocenters.